The molecule has 4 rings (SSSR count). The summed E-state index contributed by atoms with van der Waals surface area (Å²) in [5.74, 6) is -1.69. The number of hydrogen-bond donors (Lipinski definition) is 4. The Morgan fingerprint density at radius 1 is 0.862 bits per heavy atom. The molecule has 0 aromatic rings. The molecular formula is C18H30O11. The standard InChI is InChI=1S/C18H30O11/c1-17(2)26-12-8(24-16-14(13(12)27-17)28-18(3,4)29-16)6-23-15-10(22)9(21)11(25-15)7(20)5-19/h7-16,19-22H,5-6H2,1-4H3/t7-,8+,9+,10+,11-,12-,13-,14+,15+,16+/m0/s1. The van der Waals surface area contributed by atoms with Crippen molar-refractivity contribution in [2.75, 3.05) is 13.2 Å². The van der Waals surface area contributed by atoms with E-state index in [4.69, 9.17) is 38.3 Å². The highest BCUT2D eigenvalue weighted by atomic mass is 16.9. The molecule has 4 aliphatic rings. The van der Waals surface area contributed by atoms with Crippen molar-refractivity contribution in [3.8, 4) is 0 Å². The molecule has 29 heavy (non-hydrogen) atoms. The van der Waals surface area contributed by atoms with Crippen LogP contribution in [-0.4, -0.2) is 107 Å². The van der Waals surface area contributed by atoms with Crippen molar-refractivity contribution in [3.05, 3.63) is 0 Å². The van der Waals surface area contributed by atoms with Gasteiger partial charge in [-0.3, -0.25) is 0 Å². The summed E-state index contributed by atoms with van der Waals surface area (Å²) in [6.45, 7) is 6.48. The van der Waals surface area contributed by atoms with Crippen LogP contribution in [0.15, 0.2) is 0 Å². The molecule has 0 aliphatic carbocycles. The summed E-state index contributed by atoms with van der Waals surface area (Å²) in [7, 11) is 0. The molecule has 0 saturated carbocycles. The highest BCUT2D eigenvalue weighted by molar-refractivity contribution is 5.00. The van der Waals surface area contributed by atoms with Crippen molar-refractivity contribution >= 4 is 0 Å². The summed E-state index contributed by atoms with van der Waals surface area (Å²) in [4.78, 5) is 0. The lowest BCUT2D eigenvalue weighted by atomic mass is 9.99. The van der Waals surface area contributed by atoms with E-state index in [1.807, 2.05) is 0 Å². The zero-order valence-electron chi connectivity index (χ0n) is 16.8. The minimum atomic E-state index is -1.40. The monoisotopic (exact) mass is 422 g/mol. The third-order valence-electron chi connectivity index (χ3n) is 5.50. The average molecular weight is 422 g/mol. The number of rotatable bonds is 5. The van der Waals surface area contributed by atoms with Gasteiger partial charge in [0.1, 0.15) is 48.8 Å². The maximum absolute atomic E-state index is 10.2. The first kappa shape index (κ1) is 21.8. The Bertz CT molecular complexity index is 598. The van der Waals surface area contributed by atoms with E-state index >= 15 is 0 Å². The second kappa shape index (κ2) is 7.61. The number of hydrogen-bond acceptors (Lipinski definition) is 11. The maximum atomic E-state index is 10.2. The van der Waals surface area contributed by atoms with Gasteiger partial charge < -0.3 is 53.6 Å². The number of aliphatic hydroxyl groups is 4. The SMILES string of the molecule is CC1(C)O[C@H]2[C@@H](O1)[C@@H](CO[C@@H]1O[C@@H]([C@@H](O)CO)[C@H](O)[C@H]1O)O[C@@H]1OC(C)(C)O[C@@H]12. The lowest BCUT2D eigenvalue weighted by Gasteiger charge is -2.37. The van der Waals surface area contributed by atoms with Gasteiger partial charge in [-0.2, -0.15) is 0 Å². The molecule has 0 radical (unpaired) electrons. The van der Waals surface area contributed by atoms with Crippen LogP contribution in [0.1, 0.15) is 27.7 Å². The fourth-order valence-electron chi connectivity index (χ4n) is 4.25. The average Bonchev–Trinajstić information content (AvgIpc) is 3.23. The molecular weight excluding hydrogens is 392 g/mol. The summed E-state index contributed by atoms with van der Waals surface area (Å²) in [5, 5.41) is 39.0. The molecule has 0 unspecified atom stereocenters. The molecule has 0 aromatic heterocycles. The molecule has 4 fully saturated rings. The van der Waals surface area contributed by atoms with Gasteiger partial charge in [0, 0.05) is 0 Å². The summed E-state index contributed by atoms with van der Waals surface area (Å²) in [6, 6.07) is 0. The Morgan fingerprint density at radius 3 is 2.17 bits per heavy atom. The third-order valence-corrected chi connectivity index (χ3v) is 5.50. The van der Waals surface area contributed by atoms with Crippen molar-refractivity contribution in [1.82, 2.24) is 0 Å². The van der Waals surface area contributed by atoms with Crippen molar-refractivity contribution in [3.63, 3.8) is 0 Å². The van der Waals surface area contributed by atoms with Crippen LogP contribution in [0.2, 0.25) is 0 Å². The summed E-state index contributed by atoms with van der Waals surface area (Å²) in [6.07, 6.45) is -9.22. The van der Waals surface area contributed by atoms with Gasteiger partial charge in [-0.25, -0.2) is 0 Å². The fourth-order valence-corrected chi connectivity index (χ4v) is 4.25. The molecule has 4 heterocycles. The highest BCUT2D eigenvalue weighted by Gasteiger charge is 2.61. The first-order valence-electron chi connectivity index (χ1n) is 9.80. The minimum absolute atomic E-state index is 0.0516. The van der Waals surface area contributed by atoms with Crippen molar-refractivity contribution in [1.29, 1.82) is 0 Å². The van der Waals surface area contributed by atoms with Crippen LogP contribution >= 0.6 is 0 Å². The third kappa shape index (κ3) is 4.06. The lowest BCUT2D eigenvalue weighted by molar-refractivity contribution is -0.261. The Balaban J connectivity index is 1.43. The normalized spacial score (nSPS) is 49.0. The Morgan fingerprint density at radius 2 is 1.48 bits per heavy atom. The molecule has 11 heteroatoms. The van der Waals surface area contributed by atoms with Crippen LogP contribution in [0, 0.1) is 0 Å². The van der Waals surface area contributed by atoms with Crippen LogP contribution in [0.5, 0.6) is 0 Å². The Hall–Kier alpha value is -0.440. The van der Waals surface area contributed by atoms with E-state index in [9.17, 15) is 15.3 Å². The van der Waals surface area contributed by atoms with Crippen LogP contribution in [0.25, 0.3) is 0 Å². The van der Waals surface area contributed by atoms with Gasteiger partial charge in [-0.15, -0.1) is 0 Å². The zero-order valence-corrected chi connectivity index (χ0v) is 16.8. The van der Waals surface area contributed by atoms with Crippen LogP contribution in [0.3, 0.4) is 0 Å². The summed E-state index contributed by atoms with van der Waals surface area (Å²) < 4.78 is 40.8. The zero-order chi connectivity index (χ0) is 21.1. The first-order valence-corrected chi connectivity index (χ1v) is 9.80. The van der Waals surface area contributed by atoms with Crippen molar-refractivity contribution < 1.29 is 53.6 Å². The van der Waals surface area contributed by atoms with Gasteiger partial charge in [-0.05, 0) is 27.7 Å². The van der Waals surface area contributed by atoms with E-state index in [1.54, 1.807) is 27.7 Å². The first-order chi connectivity index (χ1) is 13.5. The molecule has 10 atom stereocenters. The van der Waals surface area contributed by atoms with E-state index in [0.717, 1.165) is 0 Å². The quantitative estimate of drug-likeness (QED) is 0.398. The molecule has 4 aliphatic heterocycles. The van der Waals surface area contributed by atoms with Gasteiger partial charge in [0.05, 0.1) is 13.2 Å². The number of aliphatic hydroxyl groups excluding tert-OH is 4. The van der Waals surface area contributed by atoms with E-state index in [1.165, 1.54) is 0 Å². The van der Waals surface area contributed by atoms with Crippen LogP contribution in [0.4, 0.5) is 0 Å². The topological polar surface area (TPSA) is 146 Å². The van der Waals surface area contributed by atoms with E-state index < -0.39 is 79.6 Å². The molecule has 11 nitrogen and oxygen atoms in total. The van der Waals surface area contributed by atoms with Gasteiger partial charge >= 0.3 is 0 Å². The largest absolute Gasteiger partial charge is 0.394 e. The molecule has 4 saturated heterocycles. The van der Waals surface area contributed by atoms with E-state index in [0.29, 0.717) is 0 Å². The van der Waals surface area contributed by atoms with Crippen LogP contribution < -0.4 is 0 Å². The predicted octanol–water partition coefficient (Wildman–Crippen LogP) is -1.80. The van der Waals surface area contributed by atoms with Crippen molar-refractivity contribution in [2.45, 2.75) is 101 Å². The smallest absolute Gasteiger partial charge is 0.190 e. The second-order valence-electron chi connectivity index (χ2n) is 8.74. The molecule has 0 bridgehead atoms. The van der Waals surface area contributed by atoms with E-state index in [-0.39, 0.29) is 6.61 Å². The van der Waals surface area contributed by atoms with Gasteiger partial charge in [-0.1, -0.05) is 0 Å². The minimum Gasteiger partial charge on any atom is -0.394 e. The maximum Gasteiger partial charge on any atom is 0.190 e. The Kier molecular flexibility index (Phi) is 5.71. The van der Waals surface area contributed by atoms with Gasteiger partial charge in [0.2, 0.25) is 0 Å². The summed E-state index contributed by atoms with van der Waals surface area (Å²) in [5.41, 5.74) is 0. The second-order valence-corrected chi connectivity index (χ2v) is 8.74. The predicted molar refractivity (Wildman–Crippen MR) is 92.2 cm³/mol. The van der Waals surface area contributed by atoms with Gasteiger partial charge in [0.25, 0.3) is 0 Å². The molecule has 0 amide bonds. The Labute approximate surface area is 168 Å². The number of fused-ring (bicyclic) bond motifs is 3. The molecule has 4 N–H and O–H groups in total. The molecule has 0 spiro atoms. The highest BCUT2D eigenvalue weighted by Crippen LogP contribution is 2.44. The van der Waals surface area contributed by atoms with Crippen molar-refractivity contribution in [2.24, 2.45) is 0 Å². The molecule has 0 aromatic carbocycles. The number of ether oxygens (including phenoxy) is 7. The van der Waals surface area contributed by atoms with Gasteiger partial charge in [0.15, 0.2) is 24.2 Å². The van der Waals surface area contributed by atoms with Crippen LogP contribution in [-0.2, 0) is 33.2 Å². The summed E-state index contributed by atoms with van der Waals surface area (Å²) >= 11 is 0. The molecule has 168 valence electrons. The van der Waals surface area contributed by atoms with E-state index in [2.05, 4.69) is 0 Å². The fraction of sp³-hybridized carbons (Fsp3) is 1.00. The lowest BCUT2D eigenvalue weighted by Crippen LogP contribution is -2.56.